The molecule has 0 saturated heterocycles. The third kappa shape index (κ3) is 11.2. The third-order valence-electron chi connectivity index (χ3n) is 2.01. The maximum atomic E-state index is 11.7. The van der Waals surface area contributed by atoms with Crippen LogP contribution in [0.1, 0.15) is 32.1 Å². The number of halogens is 3. The average Bonchev–Trinajstić information content (AvgIpc) is 2.15. The summed E-state index contributed by atoms with van der Waals surface area (Å²) < 4.78 is 35.1. The molecule has 0 unspecified atom stereocenters. The van der Waals surface area contributed by atoms with Crippen LogP contribution in [-0.4, -0.2) is 25.0 Å². The van der Waals surface area contributed by atoms with Gasteiger partial charge in [-0.05, 0) is 19.3 Å². The van der Waals surface area contributed by atoms with E-state index in [0.29, 0.717) is 6.42 Å². The first kappa shape index (κ1) is 15.2. The first-order valence-electron chi connectivity index (χ1n) is 5.36. The number of rotatable bonds is 9. The Morgan fingerprint density at radius 3 is 2.50 bits per heavy atom. The largest absolute Gasteiger partial charge is 0.401 e. The minimum Gasteiger partial charge on any atom is -0.302 e. The van der Waals surface area contributed by atoms with Crippen LogP contribution in [0, 0.1) is 0 Å². The number of allylic oxidation sites excluding steroid dienone is 1. The normalized spacial score (nSPS) is 11.4. The fourth-order valence-corrected chi connectivity index (χ4v) is 1.22. The van der Waals surface area contributed by atoms with Crippen molar-refractivity contribution in [1.29, 1.82) is 0 Å². The number of nitrogens with one attached hydrogen (secondary N) is 1. The maximum Gasteiger partial charge on any atom is 0.401 e. The highest BCUT2D eigenvalue weighted by Crippen LogP contribution is 2.12. The second kappa shape index (κ2) is 8.33. The zero-order chi connectivity index (χ0) is 12.4. The van der Waals surface area contributed by atoms with E-state index in [9.17, 15) is 18.0 Å². The molecule has 0 aromatic rings. The Labute approximate surface area is 93.9 Å². The van der Waals surface area contributed by atoms with Crippen molar-refractivity contribution in [3.8, 4) is 0 Å². The highest BCUT2D eigenvalue weighted by Gasteiger charge is 2.26. The summed E-state index contributed by atoms with van der Waals surface area (Å²) >= 11 is 0. The average molecular weight is 237 g/mol. The second-order valence-electron chi connectivity index (χ2n) is 3.65. The number of hydrogen-bond donors (Lipinski definition) is 1. The van der Waals surface area contributed by atoms with Crippen LogP contribution < -0.4 is 5.32 Å². The first-order valence-corrected chi connectivity index (χ1v) is 5.36. The smallest absolute Gasteiger partial charge is 0.302 e. The monoisotopic (exact) mass is 237 g/mol. The van der Waals surface area contributed by atoms with Gasteiger partial charge in [0, 0.05) is 6.42 Å². The Hall–Kier alpha value is -0.840. The summed E-state index contributed by atoms with van der Waals surface area (Å²) in [5, 5.41) is 2.09. The van der Waals surface area contributed by atoms with E-state index in [2.05, 4.69) is 11.9 Å². The molecule has 0 fully saturated rings. The van der Waals surface area contributed by atoms with E-state index in [1.54, 1.807) is 0 Å². The summed E-state index contributed by atoms with van der Waals surface area (Å²) in [7, 11) is 0. The lowest BCUT2D eigenvalue weighted by molar-refractivity contribution is -0.127. The van der Waals surface area contributed by atoms with E-state index in [1.807, 2.05) is 6.08 Å². The molecule has 0 bridgehead atoms. The van der Waals surface area contributed by atoms with Crippen molar-refractivity contribution in [3.63, 3.8) is 0 Å². The zero-order valence-electron chi connectivity index (χ0n) is 9.28. The molecule has 94 valence electrons. The molecule has 0 atom stereocenters. The highest BCUT2D eigenvalue weighted by molar-refractivity contribution is 5.80. The number of hydrogen-bond acceptors (Lipinski definition) is 2. The molecule has 0 aliphatic rings. The first-order chi connectivity index (χ1) is 7.45. The molecular formula is C11H18F3NO. The molecule has 2 nitrogen and oxygen atoms in total. The van der Waals surface area contributed by atoms with Gasteiger partial charge in [0.05, 0.1) is 13.1 Å². The van der Waals surface area contributed by atoms with Crippen LogP contribution in [0.4, 0.5) is 13.2 Å². The fraction of sp³-hybridized carbons (Fsp3) is 0.727. The summed E-state index contributed by atoms with van der Waals surface area (Å²) in [5.41, 5.74) is 0. The number of alkyl halides is 3. The number of Topliss-reactive ketones (excluding diaryl/α,β-unsaturated/α-hetero) is 1. The Morgan fingerprint density at radius 1 is 1.25 bits per heavy atom. The van der Waals surface area contributed by atoms with Gasteiger partial charge in [0.25, 0.3) is 0 Å². The van der Waals surface area contributed by atoms with Gasteiger partial charge < -0.3 is 5.32 Å². The van der Waals surface area contributed by atoms with Crippen molar-refractivity contribution in [2.24, 2.45) is 0 Å². The lowest BCUT2D eigenvalue weighted by Crippen LogP contribution is -2.32. The molecule has 0 spiro atoms. The molecule has 1 N–H and O–H groups in total. The molecule has 0 aromatic carbocycles. The lowest BCUT2D eigenvalue weighted by atomic mass is 10.1. The molecule has 0 saturated carbocycles. The fourth-order valence-electron chi connectivity index (χ4n) is 1.22. The van der Waals surface area contributed by atoms with Crippen LogP contribution >= 0.6 is 0 Å². The van der Waals surface area contributed by atoms with E-state index in [0.717, 1.165) is 25.7 Å². The van der Waals surface area contributed by atoms with Crippen molar-refractivity contribution in [3.05, 3.63) is 12.7 Å². The molecule has 16 heavy (non-hydrogen) atoms. The van der Waals surface area contributed by atoms with Crippen molar-refractivity contribution >= 4 is 5.78 Å². The van der Waals surface area contributed by atoms with Crippen LogP contribution in [0.15, 0.2) is 12.7 Å². The van der Waals surface area contributed by atoms with Gasteiger partial charge in [-0.2, -0.15) is 13.2 Å². The van der Waals surface area contributed by atoms with Crippen molar-refractivity contribution in [2.45, 2.75) is 38.3 Å². The van der Waals surface area contributed by atoms with E-state index < -0.39 is 12.7 Å². The Balaban J connectivity index is 3.35. The number of ketones is 1. The van der Waals surface area contributed by atoms with Gasteiger partial charge in [-0.1, -0.05) is 12.5 Å². The zero-order valence-corrected chi connectivity index (χ0v) is 9.28. The topological polar surface area (TPSA) is 29.1 Å². The van der Waals surface area contributed by atoms with Crippen molar-refractivity contribution in [1.82, 2.24) is 5.32 Å². The van der Waals surface area contributed by atoms with E-state index in [-0.39, 0.29) is 12.3 Å². The minimum absolute atomic E-state index is 0.164. The Morgan fingerprint density at radius 2 is 1.94 bits per heavy atom. The molecule has 0 aromatic heterocycles. The summed E-state index contributed by atoms with van der Waals surface area (Å²) in [6.45, 7) is 2.28. The summed E-state index contributed by atoms with van der Waals surface area (Å²) in [4.78, 5) is 11.1. The molecule has 0 aliphatic carbocycles. The van der Waals surface area contributed by atoms with Gasteiger partial charge in [-0.3, -0.25) is 4.79 Å². The summed E-state index contributed by atoms with van der Waals surface area (Å²) in [6, 6.07) is 0. The predicted octanol–water partition coefficient (Wildman–Crippen LogP) is 2.84. The SMILES string of the molecule is C=CCCCCCC(=O)CNCC(F)(F)F. The van der Waals surface area contributed by atoms with Crippen LogP contribution in [0.5, 0.6) is 0 Å². The third-order valence-corrected chi connectivity index (χ3v) is 2.01. The maximum absolute atomic E-state index is 11.7. The van der Waals surface area contributed by atoms with Gasteiger partial charge in [0.1, 0.15) is 5.78 Å². The van der Waals surface area contributed by atoms with Gasteiger partial charge >= 0.3 is 6.18 Å². The highest BCUT2D eigenvalue weighted by atomic mass is 19.4. The summed E-state index contributed by atoms with van der Waals surface area (Å²) in [5.74, 6) is -0.164. The summed E-state index contributed by atoms with van der Waals surface area (Å²) in [6.07, 6.45) is 1.46. The van der Waals surface area contributed by atoms with E-state index >= 15 is 0 Å². The lowest BCUT2D eigenvalue weighted by Gasteiger charge is -2.07. The van der Waals surface area contributed by atoms with Gasteiger partial charge in [0.2, 0.25) is 0 Å². The number of carbonyl (C=O) groups excluding carboxylic acids is 1. The molecule has 0 radical (unpaired) electrons. The van der Waals surface area contributed by atoms with E-state index in [4.69, 9.17) is 0 Å². The van der Waals surface area contributed by atoms with Crippen LogP contribution in [0.2, 0.25) is 0 Å². The van der Waals surface area contributed by atoms with Crippen LogP contribution in [0.3, 0.4) is 0 Å². The van der Waals surface area contributed by atoms with Crippen LogP contribution in [-0.2, 0) is 4.79 Å². The predicted molar refractivity (Wildman–Crippen MR) is 57.2 cm³/mol. The molecule has 0 amide bonds. The van der Waals surface area contributed by atoms with Crippen LogP contribution in [0.25, 0.3) is 0 Å². The van der Waals surface area contributed by atoms with E-state index in [1.165, 1.54) is 0 Å². The van der Waals surface area contributed by atoms with Gasteiger partial charge in [-0.25, -0.2) is 0 Å². The Kier molecular flexibility index (Phi) is 7.89. The van der Waals surface area contributed by atoms with Crippen molar-refractivity contribution < 1.29 is 18.0 Å². The molecule has 0 heterocycles. The van der Waals surface area contributed by atoms with Gasteiger partial charge in [-0.15, -0.1) is 6.58 Å². The van der Waals surface area contributed by atoms with Gasteiger partial charge in [0.15, 0.2) is 0 Å². The molecule has 0 aliphatic heterocycles. The quantitative estimate of drug-likeness (QED) is 0.493. The minimum atomic E-state index is -4.25. The molecule has 0 rings (SSSR count). The number of carbonyl (C=O) groups is 1. The van der Waals surface area contributed by atoms with Crippen molar-refractivity contribution in [2.75, 3.05) is 13.1 Å². The Bertz CT molecular complexity index is 214. The second-order valence-corrected chi connectivity index (χ2v) is 3.65. The number of unbranched alkanes of at least 4 members (excludes halogenated alkanes) is 3. The standard InChI is InChI=1S/C11H18F3NO/c1-2-3-4-5-6-7-10(16)8-15-9-11(12,13)14/h2,15H,1,3-9H2. The molecular weight excluding hydrogens is 219 g/mol. The molecule has 5 heteroatoms.